The summed E-state index contributed by atoms with van der Waals surface area (Å²) in [5, 5.41) is 3.47. The van der Waals surface area contributed by atoms with Crippen LogP contribution in [0.4, 0.5) is 5.82 Å². The normalized spacial score (nSPS) is 20.4. The number of rotatable bonds is 5. The SMILES string of the molecule is CCCNCc1cc(C)nc(N2CCN(C)CC2C)c1. The molecule has 2 rings (SSSR count). The quantitative estimate of drug-likeness (QED) is 0.834. The molecular formula is C16H28N4. The molecule has 0 aromatic carbocycles. The Kier molecular flexibility index (Phi) is 5.38. The summed E-state index contributed by atoms with van der Waals surface area (Å²) >= 11 is 0. The number of pyridine rings is 1. The van der Waals surface area contributed by atoms with E-state index in [1.807, 2.05) is 0 Å². The van der Waals surface area contributed by atoms with E-state index >= 15 is 0 Å². The monoisotopic (exact) mass is 276 g/mol. The highest BCUT2D eigenvalue weighted by atomic mass is 15.3. The van der Waals surface area contributed by atoms with Gasteiger partial charge in [0.1, 0.15) is 5.82 Å². The molecule has 112 valence electrons. The van der Waals surface area contributed by atoms with E-state index in [2.05, 4.69) is 55.1 Å². The summed E-state index contributed by atoms with van der Waals surface area (Å²) in [5.74, 6) is 1.14. The highest BCUT2D eigenvalue weighted by molar-refractivity contribution is 5.44. The lowest BCUT2D eigenvalue weighted by Gasteiger charge is -2.39. The molecule has 1 fully saturated rings. The molecule has 1 aromatic heterocycles. The zero-order valence-corrected chi connectivity index (χ0v) is 13.3. The zero-order valence-electron chi connectivity index (χ0n) is 13.3. The van der Waals surface area contributed by atoms with Gasteiger partial charge in [0.15, 0.2) is 0 Å². The van der Waals surface area contributed by atoms with Gasteiger partial charge >= 0.3 is 0 Å². The molecule has 0 radical (unpaired) electrons. The van der Waals surface area contributed by atoms with Crippen LogP contribution in [-0.4, -0.2) is 49.2 Å². The highest BCUT2D eigenvalue weighted by Gasteiger charge is 2.22. The van der Waals surface area contributed by atoms with Gasteiger partial charge in [-0.3, -0.25) is 0 Å². The number of likely N-dealkylation sites (N-methyl/N-ethyl adjacent to an activating group) is 1. The van der Waals surface area contributed by atoms with Crippen molar-refractivity contribution >= 4 is 5.82 Å². The third kappa shape index (κ3) is 3.93. The summed E-state index contributed by atoms with van der Waals surface area (Å²) in [6, 6.07) is 4.96. The number of nitrogens with zero attached hydrogens (tertiary/aromatic N) is 3. The fraction of sp³-hybridized carbons (Fsp3) is 0.688. The fourth-order valence-electron chi connectivity index (χ4n) is 2.86. The van der Waals surface area contributed by atoms with E-state index < -0.39 is 0 Å². The topological polar surface area (TPSA) is 31.4 Å². The van der Waals surface area contributed by atoms with Crippen LogP contribution in [0, 0.1) is 6.92 Å². The van der Waals surface area contributed by atoms with Gasteiger partial charge in [0.05, 0.1) is 0 Å². The molecule has 1 saturated heterocycles. The van der Waals surface area contributed by atoms with Gasteiger partial charge in [0, 0.05) is 37.9 Å². The van der Waals surface area contributed by atoms with Crippen molar-refractivity contribution in [1.29, 1.82) is 0 Å². The first-order valence-electron chi connectivity index (χ1n) is 7.73. The second-order valence-corrected chi connectivity index (χ2v) is 5.96. The van der Waals surface area contributed by atoms with E-state index in [-0.39, 0.29) is 0 Å². The van der Waals surface area contributed by atoms with Crippen molar-refractivity contribution in [1.82, 2.24) is 15.2 Å². The average Bonchev–Trinajstić information content (AvgIpc) is 2.38. The van der Waals surface area contributed by atoms with Crippen LogP contribution in [0.15, 0.2) is 12.1 Å². The second-order valence-electron chi connectivity index (χ2n) is 5.96. The second kappa shape index (κ2) is 7.04. The van der Waals surface area contributed by atoms with E-state index in [1.165, 1.54) is 12.0 Å². The van der Waals surface area contributed by atoms with Crippen LogP contribution in [-0.2, 0) is 6.54 Å². The molecule has 4 heteroatoms. The molecule has 1 atom stereocenters. The first-order chi connectivity index (χ1) is 9.60. The minimum absolute atomic E-state index is 0.527. The Hall–Kier alpha value is -1.13. The van der Waals surface area contributed by atoms with Gasteiger partial charge in [-0.05, 0) is 51.6 Å². The molecule has 0 saturated carbocycles. The third-order valence-electron chi connectivity index (χ3n) is 3.88. The predicted molar refractivity (Wildman–Crippen MR) is 85.3 cm³/mol. The van der Waals surface area contributed by atoms with Gasteiger partial charge in [-0.2, -0.15) is 0 Å². The van der Waals surface area contributed by atoms with Crippen LogP contribution < -0.4 is 10.2 Å². The first-order valence-corrected chi connectivity index (χ1v) is 7.73. The number of nitrogens with one attached hydrogen (secondary N) is 1. The minimum atomic E-state index is 0.527. The largest absolute Gasteiger partial charge is 0.351 e. The average molecular weight is 276 g/mol. The Labute approximate surface area is 123 Å². The van der Waals surface area contributed by atoms with Crippen molar-refractivity contribution in [3.63, 3.8) is 0 Å². The van der Waals surface area contributed by atoms with Gasteiger partial charge in [-0.15, -0.1) is 0 Å². The van der Waals surface area contributed by atoms with Crippen molar-refractivity contribution in [3.8, 4) is 0 Å². The first kappa shape index (κ1) is 15.3. The van der Waals surface area contributed by atoms with Crippen LogP contribution in [0.25, 0.3) is 0 Å². The van der Waals surface area contributed by atoms with E-state index in [1.54, 1.807) is 0 Å². The van der Waals surface area contributed by atoms with Crippen LogP contribution in [0.5, 0.6) is 0 Å². The lowest BCUT2D eigenvalue weighted by atomic mass is 10.1. The summed E-state index contributed by atoms with van der Waals surface area (Å²) in [4.78, 5) is 9.57. The Bertz CT molecular complexity index is 432. The molecule has 0 aliphatic carbocycles. The maximum absolute atomic E-state index is 4.74. The van der Waals surface area contributed by atoms with Gasteiger partial charge in [0.25, 0.3) is 0 Å². The van der Waals surface area contributed by atoms with E-state index in [9.17, 15) is 0 Å². The van der Waals surface area contributed by atoms with E-state index in [0.717, 1.165) is 44.2 Å². The standard InChI is InChI=1S/C16H28N4/c1-5-6-17-11-15-9-13(2)18-16(10-15)20-8-7-19(4)12-14(20)3/h9-10,14,17H,5-8,11-12H2,1-4H3. The van der Waals surface area contributed by atoms with Crippen LogP contribution >= 0.6 is 0 Å². The van der Waals surface area contributed by atoms with Gasteiger partial charge in [-0.1, -0.05) is 6.92 Å². The van der Waals surface area contributed by atoms with Crippen LogP contribution in [0.3, 0.4) is 0 Å². The molecule has 2 heterocycles. The van der Waals surface area contributed by atoms with Crippen molar-refractivity contribution in [2.45, 2.75) is 39.8 Å². The maximum Gasteiger partial charge on any atom is 0.129 e. The lowest BCUT2D eigenvalue weighted by Crippen LogP contribution is -2.50. The highest BCUT2D eigenvalue weighted by Crippen LogP contribution is 2.20. The minimum Gasteiger partial charge on any atom is -0.351 e. The molecule has 1 N–H and O–H groups in total. The molecule has 20 heavy (non-hydrogen) atoms. The molecule has 0 bridgehead atoms. The van der Waals surface area contributed by atoms with Crippen molar-refractivity contribution in [2.75, 3.05) is 38.1 Å². The number of piperazine rings is 1. The summed E-state index contributed by atoms with van der Waals surface area (Å²) in [6.07, 6.45) is 1.17. The van der Waals surface area contributed by atoms with E-state index in [4.69, 9.17) is 4.98 Å². The van der Waals surface area contributed by atoms with Crippen molar-refractivity contribution in [2.24, 2.45) is 0 Å². The summed E-state index contributed by atoms with van der Waals surface area (Å²) in [7, 11) is 2.19. The molecule has 1 unspecified atom stereocenters. The van der Waals surface area contributed by atoms with Crippen molar-refractivity contribution in [3.05, 3.63) is 23.4 Å². The molecular weight excluding hydrogens is 248 g/mol. The molecule has 1 aliphatic heterocycles. The Morgan fingerprint density at radius 1 is 1.35 bits per heavy atom. The number of aromatic nitrogens is 1. The molecule has 1 aliphatic rings. The number of hydrogen-bond donors (Lipinski definition) is 1. The fourth-order valence-corrected chi connectivity index (χ4v) is 2.86. The Balaban J connectivity index is 2.10. The third-order valence-corrected chi connectivity index (χ3v) is 3.88. The lowest BCUT2D eigenvalue weighted by molar-refractivity contribution is 0.274. The van der Waals surface area contributed by atoms with Crippen LogP contribution in [0.2, 0.25) is 0 Å². The molecule has 1 aromatic rings. The molecule has 4 nitrogen and oxygen atoms in total. The van der Waals surface area contributed by atoms with Crippen LogP contribution in [0.1, 0.15) is 31.5 Å². The smallest absolute Gasteiger partial charge is 0.129 e. The number of aryl methyl sites for hydroxylation is 1. The predicted octanol–water partition coefficient (Wildman–Crippen LogP) is 2.03. The summed E-state index contributed by atoms with van der Waals surface area (Å²) in [6.45, 7) is 11.9. The van der Waals surface area contributed by atoms with Gasteiger partial charge < -0.3 is 15.1 Å². The maximum atomic E-state index is 4.74. The Morgan fingerprint density at radius 2 is 2.15 bits per heavy atom. The molecule has 0 spiro atoms. The zero-order chi connectivity index (χ0) is 14.5. The Morgan fingerprint density at radius 3 is 2.85 bits per heavy atom. The number of hydrogen-bond acceptors (Lipinski definition) is 4. The number of anilines is 1. The molecule has 0 amide bonds. The summed E-state index contributed by atoms with van der Waals surface area (Å²) in [5.41, 5.74) is 2.45. The van der Waals surface area contributed by atoms with E-state index in [0.29, 0.717) is 6.04 Å². The van der Waals surface area contributed by atoms with Crippen molar-refractivity contribution < 1.29 is 0 Å². The van der Waals surface area contributed by atoms with Gasteiger partial charge in [-0.25, -0.2) is 4.98 Å². The van der Waals surface area contributed by atoms with Gasteiger partial charge in [0.2, 0.25) is 0 Å². The summed E-state index contributed by atoms with van der Waals surface area (Å²) < 4.78 is 0.